The van der Waals surface area contributed by atoms with E-state index in [0.717, 1.165) is 44.9 Å². The zero-order valence-corrected chi connectivity index (χ0v) is 19.7. The van der Waals surface area contributed by atoms with Crippen molar-refractivity contribution in [2.24, 2.45) is 5.92 Å². The first-order valence-electron chi connectivity index (χ1n) is 11.7. The Bertz CT molecular complexity index is 1390. The largest absolute Gasteiger partial charge is 0.338 e. The number of aromatic nitrogens is 3. The summed E-state index contributed by atoms with van der Waals surface area (Å²) in [5, 5.41) is 8.43. The van der Waals surface area contributed by atoms with E-state index in [4.69, 9.17) is 11.7 Å². The Morgan fingerprint density at radius 1 is 1.15 bits per heavy atom. The molecule has 0 radical (unpaired) electrons. The van der Waals surface area contributed by atoms with Gasteiger partial charge in [-0.2, -0.15) is 5.10 Å². The lowest BCUT2D eigenvalue weighted by Crippen LogP contribution is -2.39. The third kappa shape index (κ3) is 4.33. The highest BCUT2D eigenvalue weighted by atomic mass is 32.2. The molecule has 5 rings (SSSR count). The molecule has 2 aromatic heterocycles. The van der Waals surface area contributed by atoms with Gasteiger partial charge in [-0.3, -0.25) is 4.79 Å². The monoisotopic (exact) mass is 480 g/mol. The van der Waals surface area contributed by atoms with Crippen LogP contribution in [0, 0.1) is 12.5 Å². The standard InChI is InChI=1S/C24H28N6O3S/c1-25-16-24(12-3-2-4-13-24)30-20-11-14-26-23(31)21(20)22(29-30)28-18-7-9-19(10-8-18)34(32,33)27-15-17-5-6-17/h7-11,14,17,27H,2-6,12-13,15-16H2,(H,26,31)(H,28,29). The summed E-state index contributed by atoms with van der Waals surface area (Å²) in [6.45, 7) is 8.31. The van der Waals surface area contributed by atoms with Crippen molar-refractivity contribution in [3.05, 3.63) is 58.3 Å². The van der Waals surface area contributed by atoms with Crippen molar-refractivity contribution >= 4 is 32.4 Å². The Morgan fingerprint density at radius 2 is 1.88 bits per heavy atom. The van der Waals surface area contributed by atoms with E-state index in [9.17, 15) is 13.2 Å². The quantitative estimate of drug-likeness (QED) is 0.425. The highest BCUT2D eigenvalue weighted by Crippen LogP contribution is 2.38. The molecule has 178 valence electrons. The van der Waals surface area contributed by atoms with Crippen LogP contribution in [0.1, 0.15) is 44.9 Å². The average Bonchev–Trinajstić information content (AvgIpc) is 3.59. The summed E-state index contributed by atoms with van der Waals surface area (Å²) in [5.74, 6) is 0.849. The number of rotatable bonds is 8. The van der Waals surface area contributed by atoms with Gasteiger partial charge in [-0.25, -0.2) is 24.4 Å². The molecule has 2 saturated carbocycles. The van der Waals surface area contributed by atoms with E-state index in [0.29, 0.717) is 41.4 Å². The van der Waals surface area contributed by atoms with Gasteiger partial charge in [0.25, 0.3) is 5.56 Å². The molecule has 0 bridgehead atoms. The second kappa shape index (κ2) is 8.89. The van der Waals surface area contributed by atoms with Crippen molar-refractivity contribution < 1.29 is 8.42 Å². The molecular formula is C24H28N6O3S. The molecule has 1 aromatic carbocycles. The smallest absolute Gasteiger partial charge is 0.261 e. The second-order valence-electron chi connectivity index (χ2n) is 9.37. The SMILES string of the molecule is [C-]#[N+]CC1(n2nc(Nc3ccc(S(=O)(=O)NCC4CC4)cc3)c3c(=O)[nH]ccc32)CCCCC1. The highest BCUT2D eigenvalue weighted by molar-refractivity contribution is 7.89. The molecule has 9 nitrogen and oxygen atoms in total. The van der Waals surface area contributed by atoms with Crippen molar-refractivity contribution in [2.45, 2.75) is 55.4 Å². The van der Waals surface area contributed by atoms with E-state index in [1.165, 1.54) is 0 Å². The zero-order valence-electron chi connectivity index (χ0n) is 18.9. The van der Waals surface area contributed by atoms with E-state index >= 15 is 0 Å². The van der Waals surface area contributed by atoms with Crippen molar-refractivity contribution in [2.75, 3.05) is 18.4 Å². The minimum absolute atomic E-state index is 0.199. The van der Waals surface area contributed by atoms with Gasteiger partial charge in [0.1, 0.15) is 10.9 Å². The number of H-pyrrole nitrogens is 1. The molecule has 2 aliphatic rings. The normalized spacial score (nSPS) is 18.0. The summed E-state index contributed by atoms with van der Waals surface area (Å²) in [4.78, 5) is 19.4. The third-order valence-electron chi connectivity index (χ3n) is 6.90. The van der Waals surface area contributed by atoms with Gasteiger partial charge in [-0.1, -0.05) is 19.3 Å². The number of nitrogens with one attached hydrogen (secondary N) is 3. The van der Waals surface area contributed by atoms with Gasteiger partial charge in [-0.05, 0) is 61.9 Å². The van der Waals surface area contributed by atoms with E-state index in [1.807, 2.05) is 10.7 Å². The van der Waals surface area contributed by atoms with Gasteiger partial charge < -0.3 is 15.1 Å². The first-order chi connectivity index (χ1) is 16.4. The summed E-state index contributed by atoms with van der Waals surface area (Å²) in [5.41, 5.74) is 0.625. The van der Waals surface area contributed by atoms with E-state index in [2.05, 4.69) is 19.9 Å². The van der Waals surface area contributed by atoms with Crippen LogP contribution in [0.25, 0.3) is 15.7 Å². The number of sulfonamides is 1. The Morgan fingerprint density at radius 3 is 2.56 bits per heavy atom. The fourth-order valence-electron chi connectivity index (χ4n) is 4.81. The van der Waals surface area contributed by atoms with Crippen molar-refractivity contribution in [1.29, 1.82) is 0 Å². The number of fused-ring (bicyclic) bond motifs is 1. The predicted octanol–water partition coefficient (Wildman–Crippen LogP) is 3.74. The molecule has 34 heavy (non-hydrogen) atoms. The van der Waals surface area contributed by atoms with E-state index in [-0.39, 0.29) is 10.5 Å². The van der Waals surface area contributed by atoms with Crippen molar-refractivity contribution in [3.63, 3.8) is 0 Å². The molecule has 0 saturated heterocycles. The molecular weight excluding hydrogens is 452 g/mol. The minimum Gasteiger partial charge on any atom is -0.338 e. The van der Waals surface area contributed by atoms with Crippen LogP contribution < -0.4 is 15.6 Å². The molecule has 0 atom stereocenters. The van der Waals surface area contributed by atoms with Crippen LogP contribution in [0.2, 0.25) is 0 Å². The van der Waals surface area contributed by atoms with Gasteiger partial charge in [0.2, 0.25) is 16.6 Å². The predicted molar refractivity (Wildman–Crippen MR) is 131 cm³/mol. The number of nitrogens with zero attached hydrogens (tertiary/aromatic N) is 3. The van der Waals surface area contributed by atoms with Gasteiger partial charge in [0, 0.05) is 18.4 Å². The second-order valence-corrected chi connectivity index (χ2v) is 11.1. The molecule has 0 amide bonds. The van der Waals surface area contributed by atoms with Crippen LogP contribution in [0.4, 0.5) is 11.5 Å². The number of benzene rings is 1. The Labute approximate surface area is 198 Å². The molecule has 3 N–H and O–H groups in total. The summed E-state index contributed by atoms with van der Waals surface area (Å²) in [7, 11) is -3.55. The molecule has 3 aromatic rings. The van der Waals surface area contributed by atoms with Crippen LogP contribution in [-0.2, 0) is 15.6 Å². The summed E-state index contributed by atoms with van der Waals surface area (Å²) < 4.78 is 29.6. The van der Waals surface area contributed by atoms with Crippen molar-refractivity contribution in [1.82, 2.24) is 19.5 Å². The van der Waals surface area contributed by atoms with E-state index < -0.39 is 15.6 Å². The first-order valence-corrected chi connectivity index (χ1v) is 13.2. The number of hydrogen-bond donors (Lipinski definition) is 3. The number of hydrogen-bond acceptors (Lipinski definition) is 5. The van der Waals surface area contributed by atoms with Crippen LogP contribution in [-0.4, -0.2) is 36.3 Å². The summed E-state index contributed by atoms with van der Waals surface area (Å²) in [6, 6.07) is 8.26. The Kier molecular flexibility index (Phi) is 5.91. The molecule has 0 spiro atoms. The maximum atomic E-state index is 12.8. The summed E-state index contributed by atoms with van der Waals surface area (Å²) >= 11 is 0. The third-order valence-corrected chi connectivity index (χ3v) is 8.34. The first kappa shape index (κ1) is 22.6. The van der Waals surface area contributed by atoms with Crippen LogP contribution in [0.5, 0.6) is 0 Å². The molecule has 0 aliphatic heterocycles. The fourth-order valence-corrected chi connectivity index (χ4v) is 5.92. The maximum Gasteiger partial charge on any atom is 0.261 e. The lowest BCUT2D eigenvalue weighted by molar-refractivity contribution is 0.200. The molecule has 2 aliphatic carbocycles. The minimum atomic E-state index is -3.55. The number of aromatic amines is 1. The van der Waals surface area contributed by atoms with Crippen LogP contribution >= 0.6 is 0 Å². The molecule has 10 heteroatoms. The molecule has 2 heterocycles. The van der Waals surface area contributed by atoms with Gasteiger partial charge in [-0.15, -0.1) is 0 Å². The van der Waals surface area contributed by atoms with Gasteiger partial charge in [0.05, 0.1) is 10.4 Å². The Balaban J connectivity index is 1.47. The van der Waals surface area contributed by atoms with Crippen LogP contribution in [0.15, 0.2) is 46.2 Å². The number of pyridine rings is 1. The molecule has 0 unspecified atom stereocenters. The lowest BCUT2D eigenvalue weighted by Gasteiger charge is -2.33. The number of anilines is 2. The fraction of sp³-hybridized carbons (Fsp3) is 0.458. The van der Waals surface area contributed by atoms with Gasteiger partial charge in [0.15, 0.2) is 5.82 Å². The van der Waals surface area contributed by atoms with Gasteiger partial charge >= 0.3 is 0 Å². The highest BCUT2D eigenvalue weighted by Gasteiger charge is 2.40. The maximum absolute atomic E-state index is 12.8. The Hall–Kier alpha value is -3.16. The zero-order chi connectivity index (χ0) is 23.8. The summed E-state index contributed by atoms with van der Waals surface area (Å²) in [6.07, 6.45) is 8.62. The van der Waals surface area contributed by atoms with Crippen molar-refractivity contribution in [3.8, 4) is 0 Å². The van der Waals surface area contributed by atoms with E-state index in [1.54, 1.807) is 30.5 Å². The van der Waals surface area contributed by atoms with Crippen LogP contribution in [0.3, 0.4) is 0 Å². The lowest BCUT2D eigenvalue weighted by atomic mass is 9.81. The average molecular weight is 481 g/mol. The molecule has 2 fully saturated rings. The topological polar surface area (TPSA) is 113 Å².